The highest BCUT2D eigenvalue weighted by Crippen LogP contribution is 2.29. The fourth-order valence-corrected chi connectivity index (χ4v) is 2.94. The smallest absolute Gasteiger partial charge is 0.414 e. The molecule has 1 saturated heterocycles. The number of pyridine rings is 1. The van der Waals surface area contributed by atoms with E-state index in [4.69, 9.17) is 4.74 Å². The number of nitrogens with zero attached hydrogens (tertiary/aromatic N) is 6. The largest absolute Gasteiger partial charge is 0.441 e. The zero-order valence-corrected chi connectivity index (χ0v) is 15.4. The molecular formula is C19H17FN6O3. The summed E-state index contributed by atoms with van der Waals surface area (Å²) in [5, 5.41) is 21.3. The Morgan fingerprint density at radius 2 is 2.21 bits per heavy atom. The van der Waals surface area contributed by atoms with Crippen molar-refractivity contribution in [1.82, 2.24) is 25.2 Å². The van der Waals surface area contributed by atoms with E-state index in [2.05, 4.69) is 27.0 Å². The van der Waals surface area contributed by atoms with Crippen molar-refractivity contribution < 1.29 is 19.0 Å². The molecule has 3 aromatic rings. The summed E-state index contributed by atoms with van der Waals surface area (Å²) in [6, 6.07) is 7.80. The van der Waals surface area contributed by atoms with Crippen molar-refractivity contribution in [2.75, 3.05) is 11.4 Å². The summed E-state index contributed by atoms with van der Waals surface area (Å²) in [6.07, 6.45) is 0.848. The zero-order valence-electron chi connectivity index (χ0n) is 15.4. The minimum absolute atomic E-state index is 0.157. The number of hydrogen-bond acceptors (Lipinski definition) is 7. The van der Waals surface area contributed by atoms with Gasteiger partial charge in [-0.1, -0.05) is 12.6 Å². The van der Waals surface area contributed by atoms with Gasteiger partial charge in [-0.05, 0) is 36.4 Å². The van der Waals surface area contributed by atoms with Crippen molar-refractivity contribution in [1.29, 1.82) is 0 Å². The van der Waals surface area contributed by atoms with Crippen LogP contribution in [-0.2, 0) is 4.74 Å². The fourth-order valence-electron chi connectivity index (χ4n) is 2.94. The van der Waals surface area contributed by atoms with Gasteiger partial charge in [0.1, 0.15) is 17.6 Å². The molecule has 2 atom stereocenters. The van der Waals surface area contributed by atoms with Crippen LogP contribution in [0.3, 0.4) is 0 Å². The van der Waals surface area contributed by atoms with E-state index in [0.717, 1.165) is 0 Å². The highest BCUT2D eigenvalue weighted by atomic mass is 19.1. The predicted octanol–water partition coefficient (Wildman–Crippen LogP) is 2.35. The Morgan fingerprint density at radius 3 is 2.79 bits per heavy atom. The molecule has 148 valence electrons. The maximum atomic E-state index is 14.7. The van der Waals surface area contributed by atoms with E-state index >= 15 is 0 Å². The highest BCUT2D eigenvalue weighted by Gasteiger charge is 2.35. The average molecular weight is 396 g/mol. The molecule has 9 nitrogen and oxygen atoms in total. The minimum atomic E-state index is -0.805. The van der Waals surface area contributed by atoms with E-state index in [1.165, 1.54) is 35.1 Å². The number of carbonyl (C=O) groups is 1. The molecule has 3 heterocycles. The molecule has 0 radical (unpaired) electrons. The number of aliphatic hydroxyl groups excluding tert-OH is 1. The van der Waals surface area contributed by atoms with Crippen molar-refractivity contribution in [3.8, 4) is 22.6 Å². The quantitative estimate of drug-likeness (QED) is 0.705. The number of anilines is 1. The summed E-state index contributed by atoms with van der Waals surface area (Å²) in [5.74, 6) is -0.187. The molecule has 1 aromatic carbocycles. The summed E-state index contributed by atoms with van der Waals surface area (Å²) in [7, 11) is 0. The summed E-state index contributed by atoms with van der Waals surface area (Å²) in [5.41, 5.74) is 1.73. The van der Waals surface area contributed by atoms with Gasteiger partial charge < -0.3 is 9.84 Å². The number of aromatic nitrogens is 5. The Bertz CT molecular complexity index is 1070. The van der Waals surface area contributed by atoms with Crippen LogP contribution >= 0.6 is 0 Å². The van der Waals surface area contributed by atoms with Gasteiger partial charge in [-0.3, -0.25) is 9.88 Å². The Kier molecular flexibility index (Phi) is 4.77. The molecule has 0 aliphatic carbocycles. The lowest BCUT2D eigenvalue weighted by atomic mass is 10.1. The monoisotopic (exact) mass is 396 g/mol. The summed E-state index contributed by atoms with van der Waals surface area (Å²) in [4.78, 5) is 18.8. The molecule has 0 bridgehead atoms. The van der Waals surface area contributed by atoms with Gasteiger partial charge in [0, 0.05) is 23.5 Å². The van der Waals surface area contributed by atoms with Crippen molar-refractivity contribution in [2.24, 2.45) is 0 Å². The van der Waals surface area contributed by atoms with E-state index in [1.54, 1.807) is 24.3 Å². The number of tetrazole rings is 1. The highest BCUT2D eigenvalue weighted by molar-refractivity contribution is 5.90. The minimum Gasteiger partial charge on any atom is -0.441 e. The van der Waals surface area contributed by atoms with Gasteiger partial charge in [-0.25, -0.2) is 9.18 Å². The van der Waals surface area contributed by atoms with Gasteiger partial charge in [-0.15, -0.1) is 15.0 Å². The molecule has 1 amide bonds. The van der Waals surface area contributed by atoms with E-state index in [1.807, 2.05) is 0 Å². The lowest BCUT2D eigenvalue weighted by Gasteiger charge is -2.15. The van der Waals surface area contributed by atoms with Crippen LogP contribution in [-0.4, -0.2) is 55.1 Å². The molecular weight excluding hydrogens is 379 g/mol. The van der Waals surface area contributed by atoms with Gasteiger partial charge >= 0.3 is 6.09 Å². The molecule has 1 aliphatic heterocycles. The number of benzene rings is 1. The summed E-state index contributed by atoms with van der Waals surface area (Å²) < 4.78 is 19.8. The second-order valence-corrected chi connectivity index (χ2v) is 6.49. The van der Waals surface area contributed by atoms with Gasteiger partial charge in [0.15, 0.2) is 0 Å². The van der Waals surface area contributed by atoms with Crippen LogP contribution in [0, 0.1) is 5.82 Å². The molecule has 29 heavy (non-hydrogen) atoms. The molecule has 1 unspecified atom stereocenters. The predicted molar refractivity (Wildman–Crippen MR) is 102 cm³/mol. The third-order valence-corrected chi connectivity index (χ3v) is 4.53. The van der Waals surface area contributed by atoms with Crippen LogP contribution in [0.1, 0.15) is 6.92 Å². The number of cyclic esters (lactones) is 1. The van der Waals surface area contributed by atoms with Crippen LogP contribution in [0.15, 0.2) is 43.1 Å². The average Bonchev–Trinajstić information content (AvgIpc) is 3.35. The Morgan fingerprint density at radius 1 is 1.38 bits per heavy atom. The Hall–Kier alpha value is -3.66. The molecule has 10 heteroatoms. The molecule has 1 aliphatic rings. The molecule has 0 saturated carbocycles. The second kappa shape index (κ2) is 7.40. The van der Waals surface area contributed by atoms with Crippen LogP contribution in [0.4, 0.5) is 14.9 Å². The van der Waals surface area contributed by atoms with Crippen LogP contribution in [0.2, 0.25) is 0 Å². The molecule has 0 spiro atoms. The number of hydrogen-bond donors (Lipinski definition) is 1. The van der Waals surface area contributed by atoms with Crippen LogP contribution in [0.25, 0.3) is 28.8 Å². The molecule has 1 fully saturated rings. The number of carbonyl (C=O) groups excluding carboxylic acids is 1. The van der Waals surface area contributed by atoms with Crippen molar-refractivity contribution in [3.05, 3.63) is 48.9 Å². The molecule has 2 aromatic heterocycles. The van der Waals surface area contributed by atoms with Gasteiger partial charge in [-0.2, -0.15) is 0 Å². The van der Waals surface area contributed by atoms with Crippen LogP contribution in [0.5, 0.6) is 0 Å². The van der Waals surface area contributed by atoms with E-state index < -0.39 is 24.1 Å². The molecule has 4 rings (SSSR count). The maximum Gasteiger partial charge on any atom is 0.414 e. The summed E-state index contributed by atoms with van der Waals surface area (Å²) in [6.45, 7) is 5.24. The lowest BCUT2D eigenvalue weighted by molar-refractivity contribution is 0.0437. The third kappa shape index (κ3) is 3.57. The van der Waals surface area contributed by atoms with Gasteiger partial charge in [0.05, 0.1) is 18.3 Å². The number of amides is 1. The van der Waals surface area contributed by atoms with Crippen molar-refractivity contribution >= 4 is 18.0 Å². The van der Waals surface area contributed by atoms with Crippen molar-refractivity contribution in [2.45, 2.75) is 19.1 Å². The number of halogens is 1. The SMILES string of the molecule is C=Cn1nnc(-c2ccc(-c3ccc(N4C[C@H](C(C)O)OC4=O)cc3F)cn2)n1. The topological polar surface area (TPSA) is 106 Å². The number of rotatable bonds is 5. The maximum absolute atomic E-state index is 14.7. The first-order valence-corrected chi connectivity index (χ1v) is 8.81. The lowest BCUT2D eigenvalue weighted by Crippen LogP contribution is -2.29. The number of aliphatic hydroxyl groups is 1. The standard InChI is InChI=1S/C19H17FN6O3/c1-3-26-23-18(22-24-26)16-7-4-12(9-21-16)14-6-5-13(8-15(14)20)25-10-17(11(2)27)29-19(25)28/h3-9,11,17,27H,1,10H2,2H3/t11?,17-/m1/s1. The zero-order chi connectivity index (χ0) is 20.5. The van der Waals surface area contributed by atoms with Crippen molar-refractivity contribution in [3.63, 3.8) is 0 Å². The third-order valence-electron chi connectivity index (χ3n) is 4.53. The van der Waals surface area contributed by atoms with Crippen LogP contribution < -0.4 is 4.90 Å². The normalized spacial score (nSPS) is 17.3. The molecule has 1 N–H and O–H groups in total. The fraction of sp³-hybridized carbons (Fsp3) is 0.211. The Balaban J connectivity index is 1.57. The van der Waals surface area contributed by atoms with E-state index in [-0.39, 0.29) is 6.54 Å². The Labute approximate surface area is 165 Å². The number of ether oxygens (including phenoxy) is 1. The summed E-state index contributed by atoms with van der Waals surface area (Å²) >= 11 is 0. The first kappa shape index (κ1) is 18.7. The van der Waals surface area contributed by atoms with E-state index in [0.29, 0.717) is 28.3 Å². The first-order valence-electron chi connectivity index (χ1n) is 8.81. The van der Waals surface area contributed by atoms with Gasteiger partial charge in [0.25, 0.3) is 0 Å². The second-order valence-electron chi connectivity index (χ2n) is 6.49. The van der Waals surface area contributed by atoms with Gasteiger partial charge in [0.2, 0.25) is 5.82 Å². The first-order chi connectivity index (χ1) is 14.0. The van der Waals surface area contributed by atoms with E-state index in [9.17, 15) is 14.3 Å².